The molecular formula is C8H12N2O3S. The van der Waals surface area contributed by atoms with E-state index in [2.05, 4.69) is 0 Å². The predicted molar refractivity (Wildman–Crippen MR) is 54.2 cm³/mol. The van der Waals surface area contributed by atoms with Crippen LogP contribution in [-0.4, -0.2) is 16.6 Å². The molecule has 6 heteroatoms. The fourth-order valence-corrected chi connectivity index (χ4v) is 1.95. The topological polar surface area (TPSA) is 89.4 Å². The van der Waals surface area contributed by atoms with Gasteiger partial charge in [-0.25, -0.2) is 0 Å². The van der Waals surface area contributed by atoms with Gasteiger partial charge in [-0.15, -0.1) is 0 Å². The molecule has 14 heavy (non-hydrogen) atoms. The number of aliphatic hydroxyl groups is 1. The Labute approximate surface area is 85.3 Å². The van der Waals surface area contributed by atoms with Crippen molar-refractivity contribution < 1.29 is 10.0 Å². The van der Waals surface area contributed by atoms with Crippen molar-refractivity contribution in [1.82, 2.24) is 0 Å². The monoisotopic (exact) mass is 216 g/mol. The van der Waals surface area contributed by atoms with Gasteiger partial charge in [0.05, 0.1) is 4.92 Å². The van der Waals surface area contributed by atoms with Crippen LogP contribution in [0.3, 0.4) is 0 Å². The number of rotatable bonds is 5. The van der Waals surface area contributed by atoms with E-state index in [9.17, 15) is 10.1 Å². The second-order valence-corrected chi connectivity index (χ2v) is 4.00. The molecule has 0 bridgehead atoms. The van der Waals surface area contributed by atoms with Crippen LogP contribution in [0, 0.1) is 10.1 Å². The summed E-state index contributed by atoms with van der Waals surface area (Å²) in [5.41, 5.74) is 5.77. The second-order valence-electron chi connectivity index (χ2n) is 2.91. The first-order valence-electron chi connectivity index (χ1n) is 4.25. The Hall–Kier alpha value is -0.980. The summed E-state index contributed by atoms with van der Waals surface area (Å²) in [7, 11) is 0. The molecule has 3 N–H and O–H groups in total. The molecule has 0 aromatic carbocycles. The number of nitro groups is 1. The molecule has 0 aliphatic carbocycles. The van der Waals surface area contributed by atoms with Crippen LogP contribution in [0.5, 0.6) is 0 Å². The number of hydrogen-bond acceptors (Lipinski definition) is 5. The van der Waals surface area contributed by atoms with Gasteiger partial charge in [-0.3, -0.25) is 10.1 Å². The zero-order valence-corrected chi connectivity index (χ0v) is 8.37. The minimum Gasteiger partial charge on any atom is -0.396 e. The highest BCUT2D eigenvalue weighted by molar-refractivity contribution is 7.15. The van der Waals surface area contributed by atoms with Crippen LogP contribution in [0.1, 0.15) is 23.8 Å². The largest absolute Gasteiger partial charge is 0.396 e. The smallest absolute Gasteiger partial charge is 0.324 e. The van der Waals surface area contributed by atoms with E-state index in [1.807, 2.05) is 0 Å². The Bertz CT molecular complexity index is 313. The normalized spacial score (nSPS) is 12.7. The molecule has 1 aromatic heterocycles. The molecule has 78 valence electrons. The van der Waals surface area contributed by atoms with Gasteiger partial charge < -0.3 is 10.8 Å². The Morgan fingerprint density at radius 3 is 2.86 bits per heavy atom. The van der Waals surface area contributed by atoms with Gasteiger partial charge in [0.25, 0.3) is 0 Å². The van der Waals surface area contributed by atoms with E-state index in [0.29, 0.717) is 12.8 Å². The fourth-order valence-electron chi connectivity index (χ4n) is 1.09. The van der Waals surface area contributed by atoms with Crippen molar-refractivity contribution in [2.24, 2.45) is 5.73 Å². The molecule has 0 aliphatic heterocycles. The summed E-state index contributed by atoms with van der Waals surface area (Å²) in [4.78, 5) is 10.8. The highest BCUT2D eigenvalue weighted by Crippen LogP contribution is 2.29. The van der Waals surface area contributed by atoms with Gasteiger partial charge >= 0.3 is 5.00 Å². The standard InChI is InChI=1S/C8H12N2O3S/c9-6(2-1-5-11)7-3-4-8(14-7)10(12)13/h3-4,6,11H,1-2,5,9H2/t6-/m1/s1. The summed E-state index contributed by atoms with van der Waals surface area (Å²) in [5.74, 6) is 0. The van der Waals surface area contributed by atoms with E-state index in [1.54, 1.807) is 6.07 Å². The summed E-state index contributed by atoms with van der Waals surface area (Å²) >= 11 is 1.09. The SMILES string of the molecule is N[C@H](CCCO)c1ccc([N+](=O)[O-])s1. The summed E-state index contributed by atoms with van der Waals surface area (Å²) in [6.07, 6.45) is 1.26. The van der Waals surface area contributed by atoms with Gasteiger partial charge in [-0.1, -0.05) is 11.3 Å². The van der Waals surface area contributed by atoms with Gasteiger partial charge in [0.1, 0.15) is 0 Å². The fraction of sp³-hybridized carbons (Fsp3) is 0.500. The van der Waals surface area contributed by atoms with Gasteiger partial charge in [-0.2, -0.15) is 0 Å². The second kappa shape index (κ2) is 5.04. The molecule has 0 unspecified atom stereocenters. The molecule has 1 aromatic rings. The maximum absolute atomic E-state index is 10.4. The summed E-state index contributed by atoms with van der Waals surface area (Å²) in [6, 6.07) is 2.92. The van der Waals surface area contributed by atoms with E-state index >= 15 is 0 Å². The van der Waals surface area contributed by atoms with Crippen LogP contribution < -0.4 is 5.73 Å². The van der Waals surface area contributed by atoms with E-state index in [-0.39, 0.29) is 17.6 Å². The average molecular weight is 216 g/mol. The van der Waals surface area contributed by atoms with Gasteiger partial charge in [0.15, 0.2) is 0 Å². The predicted octanol–water partition coefficient (Wildman–Crippen LogP) is 1.43. The molecule has 0 spiro atoms. The van der Waals surface area contributed by atoms with Crippen LogP contribution in [0.4, 0.5) is 5.00 Å². The third-order valence-electron chi connectivity index (χ3n) is 1.83. The lowest BCUT2D eigenvalue weighted by atomic mass is 10.1. The van der Waals surface area contributed by atoms with Crippen molar-refractivity contribution in [2.75, 3.05) is 6.61 Å². The lowest BCUT2D eigenvalue weighted by Gasteiger charge is -2.06. The Morgan fingerprint density at radius 2 is 2.36 bits per heavy atom. The highest BCUT2D eigenvalue weighted by Gasteiger charge is 2.14. The van der Waals surface area contributed by atoms with E-state index in [0.717, 1.165) is 16.2 Å². The summed E-state index contributed by atoms with van der Waals surface area (Å²) in [6.45, 7) is 0.0984. The van der Waals surface area contributed by atoms with Crippen molar-refractivity contribution in [1.29, 1.82) is 0 Å². The summed E-state index contributed by atoms with van der Waals surface area (Å²) in [5, 5.41) is 19.1. The van der Waals surface area contributed by atoms with Gasteiger partial charge in [0, 0.05) is 23.6 Å². The first-order valence-corrected chi connectivity index (χ1v) is 5.07. The molecule has 0 fully saturated rings. The van der Waals surface area contributed by atoms with Crippen LogP contribution in [-0.2, 0) is 0 Å². The van der Waals surface area contributed by atoms with Crippen LogP contribution in [0.2, 0.25) is 0 Å². The van der Waals surface area contributed by atoms with Crippen LogP contribution in [0.15, 0.2) is 12.1 Å². The van der Waals surface area contributed by atoms with Crippen molar-refractivity contribution in [3.63, 3.8) is 0 Å². The molecule has 1 heterocycles. The van der Waals surface area contributed by atoms with Crippen molar-refractivity contribution >= 4 is 16.3 Å². The molecule has 1 rings (SSSR count). The minimum atomic E-state index is -0.424. The van der Waals surface area contributed by atoms with Crippen LogP contribution in [0.25, 0.3) is 0 Å². The highest BCUT2D eigenvalue weighted by atomic mass is 32.1. The van der Waals surface area contributed by atoms with Crippen LogP contribution >= 0.6 is 11.3 Å². The van der Waals surface area contributed by atoms with E-state index in [1.165, 1.54) is 6.07 Å². The number of nitrogens with two attached hydrogens (primary N) is 1. The lowest BCUT2D eigenvalue weighted by Crippen LogP contribution is -2.08. The number of aliphatic hydroxyl groups excluding tert-OH is 1. The minimum absolute atomic E-state index is 0.0984. The van der Waals surface area contributed by atoms with Crippen molar-refractivity contribution in [3.05, 3.63) is 27.1 Å². The van der Waals surface area contributed by atoms with Gasteiger partial charge in [-0.05, 0) is 18.9 Å². The average Bonchev–Trinajstić information content (AvgIpc) is 2.62. The molecule has 5 nitrogen and oxygen atoms in total. The molecule has 0 saturated carbocycles. The van der Waals surface area contributed by atoms with E-state index < -0.39 is 4.92 Å². The maximum atomic E-state index is 10.4. The Balaban J connectivity index is 2.61. The molecule has 0 amide bonds. The quantitative estimate of drug-likeness (QED) is 0.575. The number of nitrogens with zero attached hydrogens (tertiary/aromatic N) is 1. The Morgan fingerprint density at radius 1 is 1.64 bits per heavy atom. The van der Waals surface area contributed by atoms with Crippen molar-refractivity contribution in [3.8, 4) is 0 Å². The van der Waals surface area contributed by atoms with Gasteiger partial charge in [0.2, 0.25) is 0 Å². The molecule has 0 saturated heterocycles. The third-order valence-corrected chi connectivity index (χ3v) is 3.00. The Kier molecular flexibility index (Phi) is 3.99. The van der Waals surface area contributed by atoms with E-state index in [4.69, 9.17) is 10.8 Å². The molecular weight excluding hydrogens is 204 g/mol. The maximum Gasteiger partial charge on any atom is 0.324 e. The lowest BCUT2D eigenvalue weighted by molar-refractivity contribution is -0.380. The zero-order valence-electron chi connectivity index (χ0n) is 7.55. The molecule has 0 radical (unpaired) electrons. The van der Waals surface area contributed by atoms with Crippen molar-refractivity contribution in [2.45, 2.75) is 18.9 Å². The molecule has 0 aliphatic rings. The first-order chi connectivity index (χ1) is 6.65. The number of hydrogen-bond donors (Lipinski definition) is 2. The third kappa shape index (κ3) is 2.76. The summed E-state index contributed by atoms with van der Waals surface area (Å²) < 4.78 is 0. The number of thiophene rings is 1. The molecule has 1 atom stereocenters. The first kappa shape index (κ1) is 11.1. The zero-order chi connectivity index (χ0) is 10.6.